The maximum absolute atomic E-state index is 13.4. The molecule has 0 rings (SSSR count). The molecule has 0 aromatic carbocycles. The normalized spacial score (nSPS) is 12.3. The number of likely N-dealkylation sites (N-methyl/N-ethyl adjacent to an activating group) is 2. The van der Waals surface area contributed by atoms with Gasteiger partial charge in [0.2, 0.25) is 5.91 Å². The number of nitrogens with zero attached hydrogens (tertiary/aromatic N) is 2. The van der Waals surface area contributed by atoms with E-state index in [0.29, 0.717) is 0 Å². The first-order chi connectivity index (χ1) is 17.6. The van der Waals surface area contributed by atoms with Crippen LogP contribution in [-0.4, -0.2) is 105 Å². The van der Waals surface area contributed by atoms with Crippen molar-refractivity contribution in [1.82, 2.24) is 9.80 Å². The van der Waals surface area contributed by atoms with E-state index in [1.807, 2.05) is 67.3 Å². The zero-order chi connectivity index (χ0) is 29.5. The predicted molar refractivity (Wildman–Crippen MR) is 149 cm³/mol. The molecule has 9 nitrogen and oxygen atoms in total. The van der Waals surface area contributed by atoms with Crippen molar-refractivity contribution in [3.63, 3.8) is 0 Å². The van der Waals surface area contributed by atoms with E-state index in [1.165, 1.54) is 0 Å². The largest absolute Gasteiger partial charge is 0.378 e. The summed E-state index contributed by atoms with van der Waals surface area (Å²) in [6, 6.07) is 0.177. The van der Waals surface area contributed by atoms with Gasteiger partial charge in [-0.3, -0.25) is 24.1 Å². The summed E-state index contributed by atoms with van der Waals surface area (Å²) in [6.45, 7) is 16.2. The van der Waals surface area contributed by atoms with Crippen molar-refractivity contribution in [2.75, 3.05) is 60.3 Å². The second-order valence-corrected chi connectivity index (χ2v) is 11.5. The van der Waals surface area contributed by atoms with E-state index < -0.39 is 5.54 Å². The Bertz CT molecular complexity index is 665. The number of Topliss-reactive ketones (excluding diaryl/α,β-unsaturated/α-hetero) is 3. The van der Waals surface area contributed by atoms with Gasteiger partial charge < -0.3 is 19.1 Å². The molecule has 0 aromatic heterocycles. The van der Waals surface area contributed by atoms with Crippen molar-refractivity contribution < 1.29 is 33.4 Å². The molecule has 0 aliphatic carbocycles. The maximum atomic E-state index is 13.4. The molecule has 0 N–H and O–H groups in total. The van der Waals surface area contributed by atoms with Crippen LogP contribution in [0.5, 0.6) is 0 Å². The van der Waals surface area contributed by atoms with Crippen molar-refractivity contribution >= 4 is 23.3 Å². The molecule has 0 bridgehead atoms. The molecule has 0 spiro atoms. The third-order valence-corrected chi connectivity index (χ3v) is 6.87. The number of hydrogen-bond acceptors (Lipinski definition) is 8. The van der Waals surface area contributed by atoms with Gasteiger partial charge in [-0.1, -0.05) is 41.5 Å². The Kier molecular flexibility index (Phi) is 17.8. The summed E-state index contributed by atoms with van der Waals surface area (Å²) in [4.78, 5) is 53.2. The van der Waals surface area contributed by atoms with Crippen LogP contribution >= 0.6 is 0 Å². The monoisotopic (exact) mass is 542 g/mol. The van der Waals surface area contributed by atoms with E-state index in [0.717, 1.165) is 0 Å². The second-order valence-electron chi connectivity index (χ2n) is 11.5. The van der Waals surface area contributed by atoms with Gasteiger partial charge in [-0.2, -0.15) is 0 Å². The molecular formula is C29H54N2O7. The summed E-state index contributed by atoms with van der Waals surface area (Å²) < 4.78 is 17.9. The van der Waals surface area contributed by atoms with E-state index in [-0.39, 0.29) is 113 Å². The minimum atomic E-state index is -1.00. The Balaban J connectivity index is 5.75. The number of carbonyl (C=O) groups is 4. The highest BCUT2D eigenvalue weighted by atomic mass is 16.5. The van der Waals surface area contributed by atoms with Crippen molar-refractivity contribution in [2.24, 2.45) is 17.8 Å². The molecule has 222 valence electrons. The number of ketones is 3. The number of carbonyl (C=O) groups excluding carboxylic acids is 4. The first kappa shape index (κ1) is 36.3. The number of hydrogen-bond donors (Lipinski definition) is 0. The van der Waals surface area contributed by atoms with Gasteiger partial charge in [-0.15, -0.1) is 0 Å². The highest BCUT2D eigenvalue weighted by molar-refractivity contribution is 5.81. The molecular weight excluding hydrogens is 488 g/mol. The third-order valence-electron chi connectivity index (χ3n) is 6.87. The van der Waals surface area contributed by atoms with Crippen LogP contribution in [0.3, 0.4) is 0 Å². The van der Waals surface area contributed by atoms with Crippen LogP contribution in [0.2, 0.25) is 0 Å². The summed E-state index contributed by atoms with van der Waals surface area (Å²) in [5, 5.41) is 0. The Hall–Kier alpha value is -1.68. The zero-order valence-corrected chi connectivity index (χ0v) is 25.6. The molecule has 0 heterocycles. The van der Waals surface area contributed by atoms with Gasteiger partial charge in [0.05, 0.1) is 46.2 Å². The van der Waals surface area contributed by atoms with Crippen molar-refractivity contribution in [3.05, 3.63) is 0 Å². The molecule has 0 aliphatic rings. The number of ether oxygens (including phenoxy) is 3. The SMILES string of the molecule is CC(C)C(=O)CCOCC(COCCC(=O)C(C)C)(COCCC(=O)C(C)C)N(C)C(=O)CN(C)C(C)C. The lowest BCUT2D eigenvalue weighted by atomic mass is 10.00. The first-order valence-corrected chi connectivity index (χ1v) is 13.9. The van der Waals surface area contributed by atoms with Crippen molar-refractivity contribution in [3.8, 4) is 0 Å². The average molecular weight is 543 g/mol. The lowest BCUT2D eigenvalue weighted by molar-refractivity contribution is -0.151. The predicted octanol–water partition coefficient (Wildman–Crippen LogP) is 3.42. The van der Waals surface area contributed by atoms with Crippen LogP contribution in [0.15, 0.2) is 0 Å². The average Bonchev–Trinajstić information content (AvgIpc) is 2.84. The first-order valence-electron chi connectivity index (χ1n) is 13.9. The minimum absolute atomic E-state index is 0.0807. The summed E-state index contributed by atoms with van der Waals surface area (Å²) in [7, 11) is 3.58. The van der Waals surface area contributed by atoms with Gasteiger partial charge in [0.1, 0.15) is 22.9 Å². The maximum Gasteiger partial charge on any atom is 0.237 e. The van der Waals surface area contributed by atoms with Crippen LogP contribution in [0.4, 0.5) is 0 Å². The van der Waals surface area contributed by atoms with E-state index in [9.17, 15) is 19.2 Å². The lowest BCUT2D eigenvalue weighted by Gasteiger charge is -2.42. The molecule has 0 unspecified atom stereocenters. The molecule has 0 radical (unpaired) electrons. The Morgan fingerprint density at radius 2 is 0.921 bits per heavy atom. The molecule has 1 amide bonds. The van der Waals surface area contributed by atoms with Gasteiger partial charge >= 0.3 is 0 Å². The molecule has 0 saturated carbocycles. The van der Waals surface area contributed by atoms with Gasteiger partial charge in [0.15, 0.2) is 0 Å². The van der Waals surface area contributed by atoms with Crippen molar-refractivity contribution in [2.45, 2.75) is 86.2 Å². The fourth-order valence-corrected chi connectivity index (χ4v) is 3.35. The van der Waals surface area contributed by atoms with Gasteiger partial charge in [0, 0.05) is 50.1 Å². The topological polar surface area (TPSA) is 102 Å². The van der Waals surface area contributed by atoms with Crippen LogP contribution in [-0.2, 0) is 33.4 Å². The smallest absolute Gasteiger partial charge is 0.237 e. The van der Waals surface area contributed by atoms with Crippen LogP contribution < -0.4 is 0 Å². The summed E-state index contributed by atoms with van der Waals surface area (Å²) in [6.07, 6.45) is 0.818. The van der Waals surface area contributed by atoms with Crippen LogP contribution in [0, 0.1) is 17.8 Å². The van der Waals surface area contributed by atoms with Gasteiger partial charge in [0.25, 0.3) is 0 Å². The number of amides is 1. The van der Waals surface area contributed by atoms with Gasteiger partial charge in [-0.05, 0) is 20.9 Å². The third kappa shape index (κ3) is 13.9. The molecule has 0 fully saturated rings. The number of rotatable bonds is 22. The van der Waals surface area contributed by atoms with E-state index in [4.69, 9.17) is 14.2 Å². The van der Waals surface area contributed by atoms with Gasteiger partial charge in [-0.25, -0.2) is 0 Å². The summed E-state index contributed by atoms with van der Waals surface area (Å²) in [5.74, 6) is -0.0678. The second kappa shape index (κ2) is 18.6. The Morgan fingerprint density at radius 1 is 0.605 bits per heavy atom. The fourth-order valence-electron chi connectivity index (χ4n) is 3.35. The standard InChI is InChI=1S/C29H54N2O7/c1-21(2)25(32)11-14-36-18-29(19-37-15-12-26(33)22(3)4,20-38-16-13-27(34)23(5)6)31(10)28(35)17-30(9)24(7)8/h21-24H,11-20H2,1-10H3. The molecule has 9 heteroatoms. The van der Waals surface area contributed by atoms with E-state index in [1.54, 1.807) is 11.9 Å². The Morgan fingerprint density at radius 3 is 1.18 bits per heavy atom. The molecule has 38 heavy (non-hydrogen) atoms. The quantitative estimate of drug-likeness (QED) is 0.192. The van der Waals surface area contributed by atoms with E-state index >= 15 is 0 Å². The highest BCUT2D eigenvalue weighted by Gasteiger charge is 2.39. The summed E-state index contributed by atoms with van der Waals surface area (Å²) >= 11 is 0. The molecule has 0 aliphatic heterocycles. The molecule has 0 saturated heterocycles. The van der Waals surface area contributed by atoms with Crippen LogP contribution in [0.1, 0.15) is 74.7 Å². The molecule has 0 atom stereocenters. The minimum Gasteiger partial charge on any atom is -0.378 e. The Labute approximate surface area is 230 Å². The van der Waals surface area contributed by atoms with E-state index in [2.05, 4.69) is 0 Å². The van der Waals surface area contributed by atoms with Crippen LogP contribution in [0.25, 0.3) is 0 Å². The fraction of sp³-hybridized carbons (Fsp3) is 0.862. The molecule has 0 aromatic rings. The zero-order valence-electron chi connectivity index (χ0n) is 25.6. The highest BCUT2D eigenvalue weighted by Crippen LogP contribution is 2.19. The van der Waals surface area contributed by atoms with Crippen molar-refractivity contribution in [1.29, 1.82) is 0 Å². The lowest BCUT2D eigenvalue weighted by Crippen LogP contribution is -2.60. The summed E-state index contributed by atoms with van der Waals surface area (Å²) in [5.41, 5.74) is -1.00.